The number of hydrogen-bond donors (Lipinski definition) is 4. The third-order valence-corrected chi connectivity index (χ3v) is 5.19. The standard InChI is InChI=1S/C20H29BN2O6/c1-5-9-29-15-8-6-7-14(10-15)18(25)22-17(13(4)24)19(26)23-20(21(27)28)11-16(20)12(2)3/h6-8,10,12,16-17,27-28H,5,9,11H2,1-4H3,(H,22,25)(H,23,26)/t16?,17-,20?/m0/s1. The summed E-state index contributed by atoms with van der Waals surface area (Å²) in [5.41, 5.74) is -0.946. The highest BCUT2D eigenvalue weighted by Crippen LogP contribution is 2.49. The maximum absolute atomic E-state index is 12.7. The lowest BCUT2D eigenvalue weighted by Crippen LogP contribution is -2.58. The average Bonchev–Trinajstić information content (AvgIpc) is 3.40. The fraction of sp³-hybridized carbons (Fsp3) is 0.550. The third kappa shape index (κ3) is 5.36. The van der Waals surface area contributed by atoms with Gasteiger partial charge in [0.05, 0.1) is 12.0 Å². The van der Waals surface area contributed by atoms with Crippen molar-refractivity contribution in [2.45, 2.75) is 52.0 Å². The van der Waals surface area contributed by atoms with Crippen molar-refractivity contribution in [3.05, 3.63) is 29.8 Å². The molecule has 1 aromatic carbocycles. The summed E-state index contributed by atoms with van der Waals surface area (Å²) in [6, 6.07) is 5.02. The number of amides is 2. The van der Waals surface area contributed by atoms with Crippen LogP contribution in [0.4, 0.5) is 0 Å². The van der Waals surface area contributed by atoms with Crippen LogP contribution < -0.4 is 15.4 Å². The third-order valence-electron chi connectivity index (χ3n) is 5.19. The largest absolute Gasteiger partial charge is 0.494 e. The SMILES string of the molecule is CCCOc1cccc(C(=O)N[C@@H](C(C)=O)C(=O)NC2(B(O)O)CC2C(C)C)c1. The molecule has 1 aliphatic rings. The summed E-state index contributed by atoms with van der Waals surface area (Å²) < 4.78 is 5.50. The quantitative estimate of drug-likeness (QED) is 0.336. The predicted molar refractivity (Wildman–Crippen MR) is 108 cm³/mol. The number of benzene rings is 1. The Bertz CT molecular complexity index is 769. The summed E-state index contributed by atoms with van der Waals surface area (Å²) in [5, 5.41) is 24.5. The van der Waals surface area contributed by atoms with Gasteiger partial charge in [0.2, 0.25) is 5.91 Å². The van der Waals surface area contributed by atoms with Gasteiger partial charge < -0.3 is 25.4 Å². The molecular weight excluding hydrogens is 375 g/mol. The lowest BCUT2D eigenvalue weighted by atomic mass is 9.72. The highest BCUT2D eigenvalue weighted by molar-refractivity contribution is 6.48. The molecule has 0 heterocycles. The molecule has 8 nitrogen and oxygen atoms in total. The Hall–Kier alpha value is -2.39. The van der Waals surface area contributed by atoms with Crippen LogP contribution in [0.15, 0.2) is 24.3 Å². The van der Waals surface area contributed by atoms with Crippen LogP contribution >= 0.6 is 0 Å². The van der Waals surface area contributed by atoms with E-state index in [1.165, 1.54) is 13.0 Å². The summed E-state index contributed by atoms with van der Waals surface area (Å²) in [6.45, 7) is 7.50. The maximum Gasteiger partial charge on any atom is 0.479 e. The topological polar surface area (TPSA) is 125 Å². The Balaban J connectivity index is 2.11. The van der Waals surface area contributed by atoms with Crippen molar-refractivity contribution < 1.29 is 29.2 Å². The first-order chi connectivity index (χ1) is 13.6. The molecule has 1 aliphatic carbocycles. The van der Waals surface area contributed by atoms with Gasteiger partial charge in [-0.15, -0.1) is 0 Å². The van der Waals surface area contributed by atoms with Crippen LogP contribution in [0, 0.1) is 11.8 Å². The van der Waals surface area contributed by atoms with Gasteiger partial charge in [-0.2, -0.15) is 0 Å². The molecule has 29 heavy (non-hydrogen) atoms. The van der Waals surface area contributed by atoms with Gasteiger partial charge in [0, 0.05) is 5.56 Å². The Morgan fingerprint density at radius 3 is 2.52 bits per heavy atom. The summed E-state index contributed by atoms with van der Waals surface area (Å²) in [7, 11) is -1.76. The molecule has 2 amide bonds. The molecule has 0 aromatic heterocycles. The van der Waals surface area contributed by atoms with E-state index in [9.17, 15) is 24.4 Å². The molecule has 2 rings (SSSR count). The Labute approximate surface area is 171 Å². The molecule has 0 spiro atoms. The molecule has 0 radical (unpaired) electrons. The van der Waals surface area contributed by atoms with E-state index in [1.807, 2.05) is 20.8 Å². The molecule has 9 heteroatoms. The van der Waals surface area contributed by atoms with Gasteiger partial charge in [-0.3, -0.25) is 14.4 Å². The Kier molecular flexibility index (Phi) is 7.43. The Morgan fingerprint density at radius 2 is 2.00 bits per heavy atom. The minimum atomic E-state index is -1.76. The van der Waals surface area contributed by atoms with Crippen molar-refractivity contribution in [3.8, 4) is 5.75 Å². The second-order valence-corrected chi connectivity index (χ2v) is 7.85. The van der Waals surface area contributed by atoms with E-state index in [4.69, 9.17) is 4.74 Å². The summed E-state index contributed by atoms with van der Waals surface area (Å²) in [6.07, 6.45) is 1.21. The second kappa shape index (κ2) is 9.41. The zero-order chi connectivity index (χ0) is 21.8. The van der Waals surface area contributed by atoms with Crippen LogP contribution in [0.25, 0.3) is 0 Å². The molecule has 4 N–H and O–H groups in total. The van der Waals surface area contributed by atoms with E-state index in [1.54, 1.807) is 18.2 Å². The van der Waals surface area contributed by atoms with Gasteiger partial charge in [0.1, 0.15) is 5.75 Å². The molecule has 1 aromatic rings. The van der Waals surface area contributed by atoms with Crippen molar-refractivity contribution in [1.29, 1.82) is 0 Å². The monoisotopic (exact) mass is 404 g/mol. The van der Waals surface area contributed by atoms with Gasteiger partial charge in [-0.25, -0.2) is 0 Å². The summed E-state index contributed by atoms with van der Waals surface area (Å²) >= 11 is 0. The van der Waals surface area contributed by atoms with Crippen LogP contribution in [0.1, 0.15) is 50.9 Å². The molecule has 1 saturated carbocycles. The zero-order valence-electron chi connectivity index (χ0n) is 17.3. The minimum absolute atomic E-state index is 0.119. The smallest absolute Gasteiger partial charge is 0.479 e. The number of Topliss-reactive ketones (excluding diaryl/α,β-unsaturated/α-hetero) is 1. The van der Waals surface area contributed by atoms with Gasteiger partial charge in [-0.05, 0) is 49.8 Å². The summed E-state index contributed by atoms with van der Waals surface area (Å²) in [5.74, 6) is -1.41. The van der Waals surface area contributed by atoms with Crippen LogP contribution in [0.2, 0.25) is 0 Å². The molecule has 158 valence electrons. The number of carbonyl (C=O) groups excluding carboxylic acids is 3. The molecule has 0 bridgehead atoms. The van der Waals surface area contributed by atoms with Gasteiger partial charge >= 0.3 is 7.12 Å². The number of hydrogen-bond acceptors (Lipinski definition) is 6. The van der Waals surface area contributed by atoms with Gasteiger partial charge in [0.15, 0.2) is 11.8 Å². The molecule has 3 atom stereocenters. The lowest BCUT2D eigenvalue weighted by Gasteiger charge is -2.23. The van der Waals surface area contributed by atoms with Crippen molar-refractivity contribution in [1.82, 2.24) is 10.6 Å². The fourth-order valence-corrected chi connectivity index (χ4v) is 3.46. The van der Waals surface area contributed by atoms with Gasteiger partial charge in [-0.1, -0.05) is 26.8 Å². The molecule has 0 aliphatic heterocycles. The van der Waals surface area contributed by atoms with Crippen LogP contribution in [-0.4, -0.2) is 52.9 Å². The van der Waals surface area contributed by atoms with Gasteiger partial charge in [0.25, 0.3) is 5.91 Å². The first-order valence-electron chi connectivity index (χ1n) is 9.84. The number of carbonyl (C=O) groups is 3. The second-order valence-electron chi connectivity index (χ2n) is 7.85. The van der Waals surface area contributed by atoms with Crippen molar-refractivity contribution >= 4 is 24.7 Å². The maximum atomic E-state index is 12.7. The number of ketones is 1. The summed E-state index contributed by atoms with van der Waals surface area (Å²) in [4.78, 5) is 37.3. The zero-order valence-corrected chi connectivity index (χ0v) is 17.3. The number of rotatable bonds is 10. The first kappa shape index (κ1) is 22.9. The van der Waals surface area contributed by atoms with Crippen LogP contribution in [0.3, 0.4) is 0 Å². The number of nitrogens with one attached hydrogen (secondary N) is 2. The van der Waals surface area contributed by atoms with Crippen LogP contribution in [-0.2, 0) is 9.59 Å². The fourth-order valence-electron chi connectivity index (χ4n) is 3.46. The molecule has 2 unspecified atom stereocenters. The minimum Gasteiger partial charge on any atom is -0.494 e. The van der Waals surface area contributed by atoms with E-state index in [0.717, 1.165) is 6.42 Å². The highest BCUT2D eigenvalue weighted by Gasteiger charge is 2.64. The van der Waals surface area contributed by atoms with Crippen molar-refractivity contribution in [3.63, 3.8) is 0 Å². The first-order valence-corrected chi connectivity index (χ1v) is 9.84. The Morgan fingerprint density at radius 1 is 1.31 bits per heavy atom. The molecule has 1 fully saturated rings. The van der Waals surface area contributed by atoms with E-state index >= 15 is 0 Å². The molecular formula is C20H29BN2O6. The highest BCUT2D eigenvalue weighted by atomic mass is 16.5. The van der Waals surface area contributed by atoms with E-state index < -0.39 is 36.2 Å². The average molecular weight is 404 g/mol. The van der Waals surface area contributed by atoms with Crippen LogP contribution in [0.5, 0.6) is 5.75 Å². The number of ether oxygens (including phenoxy) is 1. The van der Waals surface area contributed by atoms with Crippen molar-refractivity contribution in [2.75, 3.05) is 6.61 Å². The predicted octanol–water partition coefficient (Wildman–Crippen LogP) is 0.706. The van der Waals surface area contributed by atoms with Crippen molar-refractivity contribution in [2.24, 2.45) is 11.8 Å². The van der Waals surface area contributed by atoms with E-state index in [2.05, 4.69) is 10.6 Å². The van der Waals surface area contributed by atoms with E-state index in [0.29, 0.717) is 18.8 Å². The lowest BCUT2D eigenvalue weighted by molar-refractivity contribution is -0.130. The molecule has 0 saturated heterocycles. The van der Waals surface area contributed by atoms with E-state index in [-0.39, 0.29) is 17.4 Å². The normalized spacial score (nSPS) is 21.3.